The van der Waals surface area contributed by atoms with Gasteiger partial charge in [0, 0.05) is 6.42 Å². The summed E-state index contributed by atoms with van der Waals surface area (Å²) >= 11 is 0. The van der Waals surface area contributed by atoms with E-state index < -0.39 is 11.6 Å². The molecule has 0 amide bonds. The largest absolute Gasteiger partial charge is 0.468 e. The minimum atomic E-state index is -0.559. The maximum absolute atomic E-state index is 11.4. The molecule has 18 heavy (non-hydrogen) atoms. The summed E-state index contributed by atoms with van der Waals surface area (Å²) in [7, 11) is 1.32. The second-order valence-corrected chi connectivity index (χ2v) is 5.32. The Morgan fingerprint density at radius 2 is 1.78 bits per heavy atom. The van der Waals surface area contributed by atoms with Crippen LogP contribution in [0.25, 0.3) is 0 Å². The predicted octanol–water partition coefficient (Wildman–Crippen LogP) is 1.78. The Morgan fingerprint density at radius 1 is 1.17 bits per heavy atom. The maximum Gasteiger partial charge on any atom is 0.322 e. The van der Waals surface area contributed by atoms with Gasteiger partial charge in [0.05, 0.1) is 7.11 Å². The van der Waals surface area contributed by atoms with Gasteiger partial charge >= 0.3 is 11.9 Å². The smallest absolute Gasteiger partial charge is 0.322 e. The van der Waals surface area contributed by atoms with Crippen molar-refractivity contribution in [1.29, 1.82) is 0 Å². The lowest BCUT2D eigenvalue weighted by molar-refractivity contribution is -0.155. The summed E-state index contributed by atoms with van der Waals surface area (Å²) in [6.07, 6.45) is 3.40. The lowest BCUT2D eigenvalue weighted by Gasteiger charge is -2.19. The van der Waals surface area contributed by atoms with E-state index in [1.807, 2.05) is 20.8 Å². The molecule has 0 radical (unpaired) electrons. The predicted molar refractivity (Wildman–Crippen MR) is 68.9 cm³/mol. The second-order valence-electron chi connectivity index (χ2n) is 5.32. The molecule has 0 aliphatic rings. The van der Waals surface area contributed by atoms with Crippen LogP contribution in [-0.4, -0.2) is 30.7 Å². The molecule has 5 heteroatoms. The molecule has 1 unspecified atom stereocenters. The third-order valence-electron chi connectivity index (χ3n) is 2.32. The fourth-order valence-electron chi connectivity index (χ4n) is 1.47. The fourth-order valence-corrected chi connectivity index (χ4v) is 1.47. The molecule has 0 aromatic carbocycles. The van der Waals surface area contributed by atoms with E-state index in [1.165, 1.54) is 7.11 Å². The monoisotopic (exact) mass is 259 g/mol. The molecule has 0 saturated heterocycles. The molecule has 1 atom stereocenters. The third-order valence-corrected chi connectivity index (χ3v) is 2.32. The van der Waals surface area contributed by atoms with Gasteiger partial charge in [0.15, 0.2) is 0 Å². The van der Waals surface area contributed by atoms with E-state index >= 15 is 0 Å². The normalized spacial score (nSPS) is 12.9. The summed E-state index contributed by atoms with van der Waals surface area (Å²) in [6, 6.07) is -0.559. The van der Waals surface area contributed by atoms with Crippen LogP contribution in [0.5, 0.6) is 0 Å². The Morgan fingerprint density at radius 3 is 2.28 bits per heavy atom. The highest BCUT2D eigenvalue weighted by Gasteiger charge is 2.16. The highest BCUT2D eigenvalue weighted by atomic mass is 16.6. The zero-order valence-electron chi connectivity index (χ0n) is 11.8. The number of carbonyl (C=O) groups is 2. The van der Waals surface area contributed by atoms with Crippen LogP contribution >= 0.6 is 0 Å². The molecule has 0 aliphatic heterocycles. The van der Waals surface area contributed by atoms with Crippen molar-refractivity contribution >= 4 is 11.9 Å². The molecule has 0 rings (SSSR count). The lowest BCUT2D eigenvalue weighted by atomic mass is 10.1. The van der Waals surface area contributed by atoms with Crippen LogP contribution in [0.2, 0.25) is 0 Å². The molecule has 0 saturated carbocycles. The number of unbranched alkanes of at least 4 members (excludes halogenated alkanes) is 2. The van der Waals surface area contributed by atoms with Gasteiger partial charge in [-0.15, -0.1) is 0 Å². The summed E-state index contributed by atoms with van der Waals surface area (Å²) in [5.74, 6) is -0.568. The average molecular weight is 259 g/mol. The molecule has 0 aromatic heterocycles. The fraction of sp³-hybridized carbons (Fsp3) is 0.846. The Balaban J connectivity index is 3.57. The van der Waals surface area contributed by atoms with Crippen molar-refractivity contribution in [3.05, 3.63) is 0 Å². The Bertz CT molecular complexity index is 271. The van der Waals surface area contributed by atoms with Gasteiger partial charge < -0.3 is 15.2 Å². The molecule has 0 aromatic rings. The van der Waals surface area contributed by atoms with Crippen LogP contribution in [0.15, 0.2) is 0 Å². The molecule has 0 fully saturated rings. The van der Waals surface area contributed by atoms with Crippen molar-refractivity contribution in [2.75, 3.05) is 7.11 Å². The van der Waals surface area contributed by atoms with E-state index in [4.69, 9.17) is 10.5 Å². The number of esters is 2. The quantitative estimate of drug-likeness (QED) is 0.557. The third kappa shape index (κ3) is 8.98. The first-order valence-electron chi connectivity index (χ1n) is 6.31. The van der Waals surface area contributed by atoms with Crippen molar-refractivity contribution in [3.63, 3.8) is 0 Å². The zero-order chi connectivity index (χ0) is 14.2. The summed E-state index contributed by atoms with van der Waals surface area (Å²) in [6.45, 7) is 5.54. The van der Waals surface area contributed by atoms with E-state index in [-0.39, 0.29) is 11.9 Å². The summed E-state index contributed by atoms with van der Waals surface area (Å²) in [5.41, 5.74) is 5.16. The summed E-state index contributed by atoms with van der Waals surface area (Å²) in [4.78, 5) is 22.4. The molecular weight excluding hydrogens is 234 g/mol. The van der Waals surface area contributed by atoms with Crippen molar-refractivity contribution in [2.24, 2.45) is 5.73 Å². The molecule has 0 aliphatic carbocycles. The van der Waals surface area contributed by atoms with Gasteiger partial charge in [0.25, 0.3) is 0 Å². The summed E-state index contributed by atoms with van der Waals surface area (Å²) < 4.78 is 9.71. The van der Waals surface area contributed by atoms with E-state index in [1.54, 1.807) is 0 Å². The Kier molecular flexibility index (Phi) is 7.59. The van der Waals surface area contributed by atoms with Gasteiger partial charge in [-0.05, 0) is 33.6 Å². The van der Waals surface area contributed by atoms with E-state index in [2.05, 4.69) is 4.74 Å². The highest BCUT2D eigenvalue weighted by molar-refractivity contribution is 5.75. The molecule has 0 spiro atoms. The van der Waals surface area contributed by atoms with Gasteiger partial charge in [-0.25, -0.2) is 0 Å². The first-order valence-corrected chi connectivity index (χ1v) is 6.31. The van der Waals surface area contributed by atoms with Gasteiger partial charge in [-0.1, -0.05) is 12.8 Å². The molecule has 0 heterocycles. The SMILES string of the molecule is COC(=O)C(N)CCCCCC(=O)OC(C)(C)C. The van der Waals surface area contributed by atoms with Crippen molar-refractivity contribution in [1.82, 2.24) is 0 Å². The number of hydrogen-bond donors (Lipinski definition) is 1. The Hall–Kier alpha value is -1.10. The molecule has 5 nitrogen and oxygen atoms in total. The standard InChI is InChI=1S/C13H25NO4/c1-13(2,3)18-11(15)9-7-5-6-8-10(14)12(16)17-4/h10H,5-9,14H2,1-4H3. The minimum absolute atomic E-state index is 0.181. The second kappa shape index (κ2) is 8.08. The van der Waals surface area contributed by atoms with Gasteiger partial charge in [-0.2, -0.15) is 0 Å². The number of hydrogen-bond acceptors (Lipinski definition) is 5. The lowest BCUT2D eigenvalue weighted by Crippen LogP contribution is -2.31. The molecule has 0 bridgehead atoms. The highest BCUT2D eigenvalue weighted by Crippen LogP contribution is 2.11. The minimum Gasteiger partial charge on any atom is -0.468 e. The van der Waals surface area contributed by atoms with Gasteiger partial charge in [0.2, 0.25) is 0 Å². The van der Waals surface area contributed by atoms with Crippen LogP contribution in [0.1, 0.15) is 52.9 Å². The van der Waals surface area contributed by atoms with Crippen LogP contribution < -0.4 is 5.73 Å². The molecule has 2 N–H and O–H groups in total. The van der Waals surface area contributed by atoms with E-state index in [0.717, 1.165) is 19.3 Å². The van der Waals surface area contributed by atoms with E-state index in [0.29, 0.717) is 12.8 Å². The Labute approximate surface area is 109 Å². The molecular formula is C13H25NO4. The van der Waals surface area contributed by atoms with Crippen molar-refractivity contribution in [2.45, 2.75) is 64.5 Å². The first kappa shape index (κ1) is 16.9. The number of ether oxygens (including phenoxy) is 2. The van der Waals surface area contributed by atoms with Crippen molar-refractivity contribution < 1.29 is 19.1 Å². The van der Waals surface area contributed by atoms with Crippen LogP contribution in [-0.2, 0) is 19.1 Å². The number of methoxy groups -OCH3 is 1. The maximum atomic E-state index is 11.4. The van der Waals surface area contributed by atoms with Gasteiger partial charge in [-0.3, -0.25) is 9.59 Å². The zero-order valence-corrected chi connectivity index (χ0v) is 11.8. The van der Waals surface area contributed by atoms with Crippen molar-refractivity contribution in [3.8, 4) is 0 Å². The van der Waals surface area contributed by atoms with Crippen LogP contribution in [0.4, 0.5) is 0 Å². The number of carbonyl (C=O) groups excluding carboxylic acids is 2. The van der Waals surface area contributed by atoms with Crippen LogP contribution in [0, 0.1) is 0 Å². The van der Waals surface area contributed by atoms with Crippen LogP contribution in [0.3, 0.4) is 0 Å². The summed E-state index contributed by atoms with van der Waals surface area (Å²) in [5, 5.41) is 0. The topological polar surface area (TPSA) is 78.6 Å². The van der Waals surface area contributed by atoms with E-state index in [9.17, 15) is 9.59 Å². The number of rotatable bonds is 7. The first-order chi connectivity index (χ1) is 8.26. The molecule has 106 valence electrons. The average Bonchev–Trinajstić information content (AvgIpc) is 2.24. The van der Waals surface area contributed by atoms with Gasteiger partial charge in [0.1, 0.15) is 11.6 Å². The number of nitrogens with two attached hydrogens (primary N) is 1.